The quantitative estimate of drug-likeness (QED) is 0.130. The fraction of sp³-hybridized carbons (Fsp3) is 0.720. The van der Waals surface area contributed by atoms with E-state index < -0.39 is 27.8 Å². The number of hydroxylamine groups is 4. The zero-order valence-electron chi connectivity index (χ0n) is 20.7. The molecule has 1 fully saturated rings. The zero-order valence-corrected chi connectivity index (χ0v) is 21.4. The van der Waals surface area contributed by atoms with Crippen molar-refractivity contribution in [1.82, 2.24) is 0 Å². The highest BCUT2D eigenvalue weighted by atomic mass is 35.5. The van der Waals surface area contributed by atoms with Crippen molar-refractivity contribution in [3.8, 4) is 5.75 Å². The monoisotopic (exact) mass is 499 g/mol. The topological polar surface area (TPSA) is 110 Å². The number of rotatable bonds is 13. The summed E-state index contributed by atoms with van der Waals surface area (Å²) in [4.78, 5) is 28.9. The molecule has 1 aliphatic rings. The fourth-order valence-electron chi connectivity index (χ4n) is 4.92. The first-order valence-electron chi connectivity index (χ1n) is 12.6. The molecule has 0 aliphatic heterocycles. The van der Waals surface area contributed by atoms with Gasteiger partial charge in [0.15, 0.2) is 6.04 Å². The minimum absolute atomic E-state index is 0.0549. The second kappa shape index (κ2) is 13.4. The third-order valence-electron chi connectivity index (χ3n) is 6.83. The van der Waals surface area contributed by atoms with E-state index in [4.69, 9.17) is 16.4 Å². The van der Waals surface area contributed by atoms with Crippen LogP contribution in [0.5, 0.6) is 5.75 Å². The van der Waals surface area contributed by atoms with Crippen LogP contribution in [-0.4, -0.2) is 32.0 Å². The van der Waals surface area contributed by atoms with Gasteiger partial charge in [0.25, 0.3) is 5.69 Å². The Morgan fingerprint density at radius 2 is 1.88 bits per heavy atom. The van der Waals surface area contributed by atoms with Gasteiger partial charge in [-0.1, -0.05) is 64.0 Å². The van der Waals surface area contributed by atoms with Crippen LogP contribution in [0.15, 0.2) is 12.1 Å². The number of carbonyl (C=O) groups excluding carboxylic acids is 1. The van der Waals surface area contributed by atoms with Crippen molar-refractivity contribution in [2.24, 2.45) is 5.92 Å². The van der Waals surface area contributed by atoms with Crippen LogP contribution in [0.3, 0.4) is 0 Å². The maximum absolute atomic E-state index is 13.5. The van der Waals surface area contributed by atoms with Gasteiger partial charge < -0.3 is 5.11 Å². The molecule has 0 heterocycles. The Labute approximate surface area is 207 Å². The van der Waals surface area contributed by atoms with Gasteiger partial charge in [0.2, 0.25) is 5.75 Å². The van der Waals surface area contributed by atoms with Gasteiger partial charge in [0, 0.05) is 18.9 Å². The second-order valence-corrected chi connectivity index (χ2v) is 9.86. The molecule has 0 radical (unpaired) electrons. The number of benzene rings is 1. The summed E-state index contributed by atoms with van der Waals surface area (Å²) in [6.45, 7) is 5.65. The Kier molecular flexibility index (Phi) is 11.2. The van der Waals surface area contributed by atoms with E-state index in [1.807, 2.05) is 0 Å². The number of carbonyl (C=O) groups is 1. The second-order valence-electron chi connectivity index (χ2n) is 9.48. The van der Waals surface area contributed by atoms with Crippen molar-refractivity contribution in [2.45, 2.75) is 110 Å². The standard InChI is InChI=1S/C25H40ClN2O6/c1-4-6-11-19(10-5-2)14-17-23(30)28(33,20-12-8-7-9-13-20)34-22-16-15-21(27(31)32)24(18(3)29)25(22)26/h15-16,18-20,29,33H,4-14,17H2,1-3H3/q+1. The number of hydrogen-bond acceptors (Lipinski definition) is 6. The molecule has 0 spiro atoms. The summed E-state index contributed by atoms with van der Waals surface area (Å²) >= 11 is 6.41. The third kappa shape index (κ3) is 7.13. The van der Waals surface area contributed by atoms with Crippen molar-refractivity contribution in [3.63, 3.8) is 0 Å². The molecule has 3 unspecified atom stereocenters. The molecule has 1 aromatic carbocycles. The van der Waals surface area contributed by atoms with E-state index in [1.54, 1.807) is 0 Å². The van der Waals surface area contributed by atoms with Gasteiger partial charge in [-0.2, -0.15) is 5.21 Å². The molecule has 2 rings (SSSR count). The normalized spacial score (nSPS) is 18.2. The smallest absolute Gasteiger partial charge is 0.388 e. The first-order chi connectivity index (χ1) is 16.2. The summed E-state index contributed by atoms with van der Waals surface area (Å²) in [6, 6.07) is 2.02. The average molecular weight is 500 g/mol. The molecule has 2 N–H and O–H groups in total. The molecule has 0 aromatic heterocycles. The number of quaternary nitrogens is 1. The summed E-state index contributed by atoms with van der Waals surface area (Å²) < 4.78 is 0. The SMILES string of the molecule is CCCCC(CCC)CCC(=O)[N+](O)(Oc1ccc([N+](=O)[O-])c(C(C)O)c1Cl)C1CCCCC1. The molecular weight excluding hydrogens is 460 g/mol. The molecule has 192 valence electrons. The highest BCUT2D eigenvalue weighted by molar-refractivity contribution is 6.33. The summed E-state index contributed by atoms with van der Waals surface area (Å²) in [5.41, 5.74) is -0.444. The highest BCUT2D eigenvalue weighted by Gasteiger charge is 2.48. The van der Waals surface area contributed by atoms with E-state index >= 15 is 0 Å². The molecule has 1 saturated carbocycles. The van der Waals surface area contributed by atoms with Crippen LogP contribution in [0.2, 0.25) is 5.02 Å². The molecule has 0 bridgehead atoms. The molecule has 34 heavy (non-hydrogen) atoms. The molecule has 1 amide bonds. The molecule has 8 nitrogen and oxygen atoms in total. The van der Waals surface area contributed by atoms with Crippen molar-refractivity contribution in [2.75, 3.05) is 0 Å². The number of unbranched alkanes of at least 4 members (excludes halogenated alkanes) is 1. The van der Waals surface area contributed by atoms with Crippen LogP contribution < -0.4 is 4.84 Å². The number of halogens is 1. The van der Waals surface area contributed by atoms with E-state index in [2.05, 4.69) is 13.8 Å². The van der Waals surface area contributed by atoms with Crippen LogP contribution >= 0.6 is 11.6 Å². The Morgan fingerprint density at radius 1 is 1.21 bits per heavy atom. The highest BCUT2D eigenvalue weighted by Crippen LogP contribution is 2.41. The molecule has 0 saturated heterocycles. The maximum atomic E-state index is 13.5. The number of nitro groups is 1. The van der Waals surface area contributed by atoms with Gasteiger partial charge in [-0.25, -0.2) is 4.79 Å². The van der Waals surface area contributed by atoms with Gasteiger partial charge in [0.05, 0.1) is 27.8 Å². The number of hydrogen-bond donors (Lipinski definition) is 2. The van der Waals surface area contributed by atoms with Crippen molar-refractivity contribution >= 4 is 23.2 Å². The minimum atomic E-state index is -1.23. The van der Waals surface area contributed by atoms with E-state index in [0.29, 0.717) is 25.2 Å². The van der Waals surface area contributed by atoms with Crippen molar-refractivity contribution in [3.05, 3.63) is 32.8 Å². The Balaban J connectivity index is 2.34. The van der Waals surface area contributed by atoms with Crippen LogP contribution in [0.4, 0.5) is 5.69 Å². The molecule has 3 atom stereocenters. The first kappa shape index (κ1) is 28.5. The van der Waals surface area contributed by atoms with E-state index in [0.717, 1.165) is 51.4 Å². The minimum Gasteiger partial charge on any atom is -0.388 e. The lowest BCUT2D eigenvalue weighted by Gasteiger charge is -2.34. The van der Waals surface area contributed by atoms with E-state index in [-0.39, 0.29) is 28.4 Å². The zero-order chi connectivity index (χ0) is 25.3. The largest absolute Gasteiger partial charge is 0.388 e. The van der Waals surface area contributed by atoms with Gasteiger partial charge >= 0.3 is 5.91 Å². The Bertz CT molecular complexity index is 828. The van der Waals surface area contributed by atoms with Crippen LogP contribution in [-0.2, 0) is 4.79 Å². The van der Waals surface area contributed by atoms with Crippen molar-refractivity contribution in [1.29, 1.82) is 0 Å². The predicted molar refractivity (Wildman–Crippen MR) is 130 cm³/mol. The summed E-state index contributed by atoms with van der Waals surface area (Å²) in [6.07, 6.45) is 9.02. The van der Waals surface area contributed by atoms with Crippen LogP contribution in [0.1, 0.15) is 109 Å². The predicted octanol–water partition coefficient (Wildman–Crippen LogP) is 7.05. The number of nitrogens with zero attached hydrogens (tertiary/aromatic N) is 2. The van der Waals surface area contributed by atoms with Gasteiger partial charge in [0.1, 0.15) is 5.02 Å². The number of amides is 1. The van der Waals surface area contributed by atoms with E-state index in [1.165, 1.54) is 19.1 Å². The van der Waals surface area contributed by atoms with Crippen LogP contribution in [0.25, 0.3) is 0 Å². The van der Waals surface area contributed by atoms with Gasteiger partial charge in [-0.05, 0) is 38.2 Å². The Hall–Kier alpha value is -1.74. The average Bonchev–Trinajstić information content (AvgIpc) is 2.81. The lowest BCUT2D eigenvalue weighted by molar-refractivity contribution is -1.18. The first-order valence-corrected chi connectivity index (χ1v) is 13.0. The number of nitro benzene ring substituents is 1. The summed E-state index contributed by atoms with van der Waals surface area (Å²) in [7, 11) is 0. The third-order valence-corrected chi connectivity index (χ3v) is 7.22. The van der Waals surface area contributed by atoms with Crippen LogP contribution in [0, 0.1) is 16.0 Å². The maximum Gasteiger partial charge on any atom is 0.388 e. The lowest BCUT2D eigenvalue weighted by atomic mass is 9.91. The number of aliphatic hydroxyl groups excluding tert-OH is 1. The molecule has 1 aromatic rings. The van der Waals surface area contributed by atoms with Gasteiger partial charge in [-0.15, -0.1) is 0 Å². The Morgan fingerprint density at radius 3 is 2.44 bits per heavy atom. The van der Waals surface area contributed by atoms with Gasteiger partial charge in [-0.3, -0.25) is 15.0 Å². The van der Waals surface area contributed by atoms with Crippen molar-refractivity contribution < 1.29 is 29.7 Å². The van der Waals surface area contributed by atoms with E-state index in [9.17, 15) is 25.2 Å². The lowest BCUT2D eigenvalue weighted by Crippen LogP contribution is -2.60. The summed E-state index contributed by atoms with van der Waals surface area (Å²) in [5, 5.41) is 32.9. The molecular formula is C25H40ClN2O6+. The molecule has 1 aliphatic carbocycles. The fourth-order valence-corrected chi connectivity index (χ4v) is 5.27. The summed E-state index contributed by atoms with van der Waals surface area (Å²) in [5.74, 6) is -0.0725. The molecule has 9 heteroatoms. The number of aliphatic hydroxyl groups is 1.